The monoisotopic (exact) mass is 336 g/mol. The Morgan fingerprint density at radius 2 is 2.05 bits per heavy atom. The molecule has 0 amide bonds. The van der Waals surface area contributed by atoms with Crippen LogP contribution in [0.4, 0.5) is 0 Å². The molecule has 22 heavy (non-hydrogen) atoms. The molecule has 0 bridgehead atoms. The van der Waals surface area contributed by atoms with Gasteiger partial charge < -0.3 is 10.4 Å². The van der Waals surface area contributed by atoms with Gasteiger partial charge in [-0.3, -0.25) is 4.90 Å². The second-order valence-electron chi connectivity index (χ2n) is 5.74. The molecule has 2 aromatic rings. The predicted octanol–water partition coefficient (Wildman–Crippen LogP) is 3.26. The summed E-state index contributed by atoms with van der Waals surface area (Å²) >= 11 is 7.80. The average Bonchev–Trinajstić information content (AvgIpc) is 3.10. The van der Waals surface area contributed by atoms with Crippen LogP contribution in [-0.2, 0) is 19.6 Å². The highest BCUT2D eigenvalue weighted by atomic mass is 35.5. The first kappa shape index (κ1) is 16.0. The first-order chi connectivity index (χ1) is 10.7. The fraction of sp³-hybridized carbons (Fsp3) is 0.412. The lowest BCUT2D eigenvalue weighted by molar-refractivity contribution is 0.174. The van der Waals surface area contributed by atoms with Crippen molar-refractivity contribution in [3.05, 3.63) is 56.7 Å². The highest BCUT2D eigenvalue weighted by molar-refractivity contribution is 7.10. The van der Waals surface area contributed by atoms with E-state index in [1.807, 2.05) is 11.4 Å². The highest BCUT2D eigenvalue weighted by Crippen LogP contribution is 2.22. The van der Waals surface area contributed by atoms with E-state index in [4.69, 9.17) is 11.6 Å². The molecule has 3 rings (SSSR count). The molecule has 1 fully saturated rings. The molecule has 3 nitrogen and oxygen atoms in total. The normalized spacial score (nSPS) is 18.9. The summed E-state index contributed by atoms with van der Waals surface area (Å²) in [6.45, 7) is 4.31. The molecule has 118 valence electrons. The smallest absolute Gasteiger partial charge is 0.0679 e. The van der Waals surface area contributed by atoms with Crippen LogP contribution in [0.25, 0.3) is 0 Å². The number of halogens is 1. The lowest BCUT2D eigenvalue weighted by Gasteiger charge is -2.18. The van der Waals surface area contributed by atoms with Gasteiger partial charge in [0, 0.05) is 37.6 Å². The van der Waals surface area contributed by atoms with Gasteiger partial charge in [0.05, 0.1) is 11.1 Å². The molecule has 1 aliphatic rings. The van der Waals surface area contributed by atoms with Crippen LogP contribution in [0.1, 0.15) is 22.4 Å². The Kier molecular flexibility index (Phi) is 5.50. The number of thiophene rings is 1. The van der Waals surface area contributed by atoms with Gasteiger partial charge in [0.1, 0.15) is 0 Å². The van der Waals surface area contributed by atoms with Crippen LogP contribution in [0.2, 0.25) is 5.02 Å². The van der Waals surface area contributed by atoms with E-state index in [-0.39, 0.29) is 6.10 Å². The van der Waals surface area contributed by atoms with E-state index in [0.29, 0.717) is 0 Å². The molecule has 0 spiro atoms. The van der Waals surface area contributed by atoms with Gasteiger partial charge in [-0.15, -0.1) is 11.3 Å². The van der Waals surface area contributed by atoms with Crippen LogP contribution in [0, 0.1) is 0 Å². The molecule has 1 aromatic heterocycles. The first-order valence-corrected chi connectivity index (χ1v) is 8.88. The van der Waals surface area contributed by atoms with E-state index in [2.05, 4.69) is 34.5 Å². The van der Waals surface area contributed by atoms with Crippen molar-refractivity contribution in [2.45, 2.75) is 32.2 Å². The largest absolute Gasteiger partial charge is 0.392 e. The Bertz CT molecular complexity index is 616. The maximum atomic E-state index is 9.65. The number of β-amino-alcohol motifs (C(OH)–C–C–N with tert-alkyl or cyclic N) is 1. The Labute approximate surface area is 140 Å². The van der Waals surface area contributed by atoms with Gasteiger partial charge in [0.15, 0.2) is 0 Å². The molecule has 1 unspecified atom stereocenters. The third-order valence-corrected chi connectivity index (χ3v) is 5.44. The third-order valence-electron chi connectivity index (χ3n) is 4.05. The zero-order valence-corrected chi connectivity index (χ0v) is 14.0. The summed E-state index contributed by atoms with van der Waals surface area (Å²) in [6.07, 6.45) is 0.725. The Hall–Kier alpha value is -0.910. The quantitative estimate of drug-likeness (QED) is 0.850. The lowest BCUT2D eigenvalue weighted by atomic mass is 10.1. The van der Waals surface area contributed by atoms with Gasteiger partial charge >= 0.3 is 0 Å². The van der Waals surface area contributed by atoms with Crippen LogP contribution < -0.4 is 5.32 Å². The molecule has 0 saturated carbocycles. The molecule has 0 aliphatic carbocycles. The fourth-order valence-corrected chi connectivity index (χ4v) is 3.92. The van der Waals surface area contributed by atoms with Crippen molar-refractivity contribution in [1.29, 1.82) is 0 Å². The molecule has 1 atom stereocenters. The molecular weight excluding hydrogens is 316 g/mol. The Morgan fingerprint density at radius 1 is 1.23 bits per heavy atom. The van der Waals surface area contributed by atoms with E-state index >= 15 is 0 Å². The molecular formula is C17H21ClN2OS. The molecule has 1 aromatic carbocycles. The second-order valence-corrected chi connectivity index (χ2v) is 7.15. The average molecular weight is 337 g/mol. The van der Waals surface area contributed by atoms with Crippen LogP contribution in [0.3, 0.4) is 0 Å². The SMILES string of the molecule is OC1CCN(Cc2ccccc2CNCc2sccc2Cl)C1. The molecule has 5 heteroatoms. The number of aliphatic hydroxyl groups is 1. The second kappa shape index (κ2) is 7.57. The summed E-state index contributed by atoms with van der Waals surface area (Å²) in [4.78, 5) is 3.50. The summed E-state index contributed by atoms with van der Waals surface area (Å²) in [5.41, 5.74) is 2.65. The first-order valence-electron chi connectivity index (χ1n) is 7.62. The minimum Gasteiger partial charge on any atom is -0.392 e. The van der Waals surface area contributed by atoms with Gasteiger partial charge in [-0.1, -0.05) is 35.9 Å². The fourth-order valence-electron chi connectivity index (χ4n) is 2.84. The highest BCUT2D eigenvalue weighted by Gasteiger charge is 2.20. The summed E-state index contributed by atoms with van der Waals surface area (Å²) in [7, 11) is 0. The Balaban J connectivity index is 1.58. The van der Waals surface area contributed by atoms with Gasteiger partial charge in [0.25, 0.3) is 0 Å². The molecule has 1 saturated heterocycles. The maximum Gasteiger partial charge on any atom is 0.0679 e. The predicted molar refractivity (Wildman–Crippen MR) is 92.2 cm³/mol. The van der Waals surface area contributed by atoms with Crippen molar-refractivity contribution in [3.63, 3.8) is 0 Å². The van der Waals surface area contributed by atoms with Crippen LogP contribution in [-0.4, -0.2) is 29.2 Å². The van der Waals surface area contributed by atoms with Gasteiger partial charge in [-0.25, -0.2) is 0 Å². The van der Waals surface area contributed by atoms with Crippen molar-refractivity contribution in [2.75, 3.05) is 13.1 Å². The van der Waals surface area contributed by atoms with E-state index in [1.165, 1.54) is 16.0 Å². The number of aliphatic hydroxyl groups excluding tert-OH is 1. The van der Waals surface area contributed by atoms with Crippen LogP contribution >= 0.6 is 22.9 Å². The number of hydrogen-bond acceptors (Lipinski definition) is 4. The summed E-state index contributed by atoms with van der Waals surface area (Å²) in [6, 6.07) is 10.5. The number of benzene rings is 1. The standard InChI is InChI=1S/C17H21ClN2OS/c18-16-6-8-22-17(16)10-19-9-13-3-1-2-4-14(13)11-20-7-5-15(21)12-20/h1-4,6,8,15,19,21H,5,7,9-12H2. The van der Waals surface area contributed by atoms with Gasteiger partial charge in [-0.05, 0) is 29.0 Å². The zero-order valence-electron chi connectivity index (χ0n) is 12.5. The van der Waals surface area contributed by atoms with E-state index in [0.717, 1.165) is 44.2 Å². The molecule has 2 N–H and O–H groups in total. The summed E-state index contributed by atoms with van der Waals surface area (Å²) in [5.74, 6) is 0. The van der Waals surface area contributed by atoms with Gasteiger partial charge in [0.2, 0.25) is 0 Å². The van der Waals surface area contributed by atoms with Crippen molar-refractivity contribution < 1.29 is 5.11 Å². The topological polar surface area (TPSA) is 35.5 Å². The third kappa shape index (κ3) is 4.09. The number of rotatable bonds is 6. The van der Waals surface area contributed by atoms with Crippen molar-refractivity contribution >= 4 is 22.9 Å². The number of nitrogens with one attached hydrogen (secondary N) is 1. The maximum absolute atomic E-state index is 9.65. The molecule has 1 aliphatic heterocycles. The Morgan fingerprint density at radius 3 is 2.73 bits per heavy atom. The van der Waals surface area contributed by atoms with E-state index in [9.17, 15) is 5.11 Å². The van der Waals surface area contributed by atoms with Crippen molar-refractivity contribution in [1.82, 2.24) is 10.2 Å². The van der Waals surface area contributed by atoms with Gasteiger partial charge in [-0.2, -0.15) is 0 Å². The van der Waals surface area contributed by atoms with E-state index < -0.39 is 0 Å². The summed E-state index contributed by atoms with van der Waals surface area (Å²) < 4.78 is 0. The van der Waals surface area contributed by atoms with Crippen molar-refractivity contribution in [3.8, 4) is 0 Å². The number of nitrogens with zero attached hydrogens (tertiary/aromatic N) is 1. The lowest BCUT2D eigenvalue weighted by Crippen LogP contribution is -2.23. The van der Waals surface area contributed by atoms with Crippen molar-refractivity contribution in [2.24, 2.45) is 0 Å². The summed E-state index contributed by atoms with van der Waals surface area (Å²) in [5, 5.41) is 16.0. The minimum atomic E-state index is -0.161. The molecule has 0 radical (unpaired) electrons. The van der Waals surface area contributed by atoms with Crippen LogP contribution in [0.5, 0.6) is 0 Å². The molecule has 2 heterocycles. The number of likely N-dealkylation sites (tertiary alicyclic amines) is 1. The van der Waals surface area contributed by atoms with E-state index in [1.54, 1.807) is 11.3 Å². The minimum absolute atomic E-state index is 0.161. The zero-order chi connectivity index (χ0) is 15.4. The van der Waals surface area contributed by atoms with Crippen LogP contribution in [0.15, 0.2) is 35.7 Å². The number of hydrogen-bond donors (Lipinski definition) is 2.